The van der Waals surface area contributed by atoms with Crippen LogP contribution in [-0.4, -0.2) is 4.57 Å². The first kappa shape index (κ1) is 32.3. The summed E-state index contributed by atoms with van der Waals surface area (Å²) in [5.41, 5.74) is 14.5. The summed E-state index contributed by atoms with van der Waals surface area (Å²) in [6.45, 7) is 4.71. The lowest BCUT2D eigenvalue weighted by atomic mass is 9.82. The molecular formula is C57H35NO2. The van der Waals surface area contributed by atoms with Gasteiger partial charge in [0.25, 0.3) is 0 Å². The largest absolute Gasteiger partial charge is 0.456 e. The van der Waals surface area contributed by atoms with Crippen molar-refractivity contribution in [3.63, 3.8) is 0 Å². The zero-order valence-electron chi connectivity index (χ0n) is 33.0. The van der Waals surface area contributed by atoms with Gasteiger partial charge in [-0.15, -0.1) is 0 Å². The van der Waals surface area contributed by atoms with E-state index in [1.165, 1.54) is 92.9 Å². The van der Waals surface area contributed by atoms with Crippen molar-refractivity contribution in [3.8, 4) is 27.9 Å². The van der Waals surface area contributed by atoms with Crippen LogP contribution in [0.4, 0.5) is 0 Å². The fourth-order valence-electron chi connectivity index (χ4n) is 10.9. The molecule has 3 heteroatoms. The van der Waals surface area contributed by atoms with Gasteiger partial charge in [-0.1, -0.05) is 117 Å². The third-order valence-corrected chi connectivity index (χ3v) is 13.8. The van der Waals surface area contributed by atoms with E-state index in [1.54, 1.807) is 0 Å². The number of fused-ring (bicyclic) bond motifs is 18. The van der Waals surface area contributed by atoms with Gasteiger partial charge in [0, 0.05) is 43.4 Å². The molecule has 0 spiro atoms. The van der Waals surface area contributed by atoms with E-state index in [4.69, 9.17) is 8.83 Å². The topological polar surface area (TPSA) is 31.2 Å². The van der Waals surface area contributed by atoms with Crippen LogP contribution in [0.5, 0.6) is 0 Å². The van der Waals surface area contributed by atoms with E-state index in [1.807, 2.05) is 6.07 Å². The molecule has 0 bridgehead atoms. The fourth-order valence-corrected chi connectivity index (χ4v) is 10.9. The van der Waals surface area contributed by atoms with E-state index >= 15 is 0 Å². The first-order chi connectivity index (χ1) is 29.5. The van der Waals surface area contributed by atoms with Crippen molar-refractivity contribution in [2.24, 2.45) is 0 Å². The highest BCUT2D eigenvalue weighted by atomic mass is 16.3. The summed E-state index contributed by atoms with van der Waals surface area (Å²) in [4.78, 5) is 0. The Labute approximate surface area is 344 Å². The van der Waals surface area contributed by atoms with Crippen LogP contribution in [0, 0.1) is 0 Å². The fraction of sp³-hybridized carbons (Fsp3) is 0.0526. The lowest BCUT2D eigenvalue weighted by Crippen LogP contribution is -2.15. The maximum Gasteiger partial charge on any atom is 0.135 e. The first-order valence-electron chi connectivity index (χ1n) is 20.8. The normalized spacial score (nSPS) is 13.6. The highest BCUT2D eigenvalue weighted by molar-refractivity contribution is 6.26. The average Bonchev–Trinajstić information content (AvgIpc) is 4.01. The van der Waals surface area contributed by atoms with Gasteiger partial charge < -0.3 is 13.4 Å². The second-order valence-corrected chi connectivity index (χ2v) is 17.2. The molecule has 1 aliphatic carbocycles. The van der Waals surface area contributed by atoms with Gasteiger partial charge in [-0.2, -0.15) is 0 Å². The number of furan rings is 2. The van der Waals surface area contributed by atoms with Crippen molar-refractivity contribution in [3.05, 3.63) is 187 Å². The summed E-state index contributed by atoms with van der Waals surface area (Å²) in [6.07, 6.45) is 0. The molecule has 3 aromatic heterocycles. The third-order valence-electron chi connectivity index (χ3n) is 13.8. The first-order valence-corrected chi connectivity index (χ1v) is 20.8. The molecule has 10 aromatic carbocycles. The van der Waals surface area contributed by atoms with Crippen molar-refractivity contribution in [2.75, 3.05) is 0 Å². The summed E-state index contributed by atoms with van der Waals surface area (Å²) >= 11 is 0. The third kappa shape index (κ3) is 4.18. The van der Waals surface area contributed by atoms with Crippen LogP contribution in [0.1, 0.15) is 25.0 Å². The molecule has 280 valence electrons. The summed E-state index contributed by atoms with van der Waals surface area (Å²) in [5.74, 6) is 0. The van der Waals surface area contributed by atoms with Crippen molar-refractivity contribution >= 4 is 98.0 Å². The highest BCUT2D eigenvalue weighted by Crippen LogP contribution is 2.53. The molecule has 1 aliphatic rings. The monoisotopic (exact) mass is 765 g/mol. The quantitative estimate of drug-likeness (QED) is 0.164. The molecule has 13 aromatic rings. The lowest BCUT2D eigenvalue weighted by Gasteiger charge is -2.21. The Balaban J connectivity index is 0.954. The molecule has 0 atom stereocenters. The van der Waals surface area contributed by atoms with Gasteiger partial charge in [-0.3, -0.25) is 0 Å². The molecule has 14 rings (SSSR count). The van der Waals surface area contributed by atoms with Crippen LogP contribution in [0.2, 0.25) is 0 Å². The minimum Gasteiger partial charge on any atom is -0.456 e. The zero-order chi connectivity index (χ0) is 39.4. The Bertz CT molecular complexity index is 4000. The van der Waals surface area contributed by atoms with Gasteiger partial charge in [0.15, 0.2) is 0 Å². The summed E-state index contributed by atoms with van der Waals surface area (Å²) in [5, 5.41) is 14.7. The molecule has 0 radical (unpaired) electrons. The zero-order valence-corrected chi connectivity index (χ0v) is 33.0. The van der Waals surface area contributed by atoms with Crippen molar-refractivity contribution in [1.29, 1.82) is 0 Å². The molecule has 0 fully saturated rings. The number of rotatable bonds is 2. The minimum absolute atomic E-state index is 0.212. The Morgan fingerprint density at radius 1 is 0.333 bits per heavy atom. The Morgan fingerprint density at radius 3 is 1.58 bits per heavy atom. The van der Waals surface area contributed by atoms with Gasteiger partial charge in [0.1, 0.15) is 22.3 Å². The molecule has 0 saturated heterocycles. The second-order valence-electron chi connectivity index (χ2n) is 17.2. The lowest BCUT2D eigenvalue weighted by molar-refractivity contribution is 0.647. The van der Waals surface area contributed by atoms with Gasteiger partial charge in [0.2, 0.25) is 0 Å². The number of benzene rings is 10. The molecule has 0 saturated carbocycles. The van der Waals surface area contributed by atoms with Crippen LogP contribution >= 0.6 is 0 Å². The Morgan fingerprint density at radius 2 is 0.833 bits per heavy atom. The van der Waals surface area contributed by atoms with Crippen LogP contribution < -0.4 is 0 Å². The van der Waals surface area contributed by atoms with Crippen LogP contribution in [-0.2, 0) is 5.41 Å². The standard InChI is InChI=1S/C57H35NO2/c1-57(2)49-30-52-45(28-43(49)44-29-48-41-16-8-10-18-53(41)60-56(48)31-50(44)57)40-15-7-9-17-51(40)58(52)34-21-24-55-47(27-34)46-26-33(20-23-54(46)59-55)32-19-22-39-37-13-4-3-11-35(37)36-12-5-6-14-38(36)42(39)25-32/h3-31H,1-2H3. The number of para-hydroxylation sites is 2. The Kier molecular flexibility index (Phi) is 6.10. The average molecular weight is 766 g/mol. The number of nitrogens with zero attached hydrogens (tertiary/aromatic N) is 1. The van der Waals surface area contributed by atoms with Crippen LogP contribution in [0.15, 0.2) is 185 Å². The molecule has 60 heavy (non-hydrogen) atoms. The smallest absolute Gasteiger partial charge is 0.135 e. The molecule has 0 unspecified atom stereocenters. The maximum absolute atomic E-state index is 6.53. The van der Waals surface area contributed by atoms with Gasteiger partial charge in [-0.05, 0) is 138 Å². The van der Waals surface area contributed by atoms with E-state index < -0.39 is 0 Å². The van der Waals surface area contributed by atoms with E-state index in [2.05, 4.69) is 188 Å². The number of aromatic nitrogens is 1. The van der Waals surface area contributed by atoms with Gasteiger partial charge >= 0.3 is 0 Å². The Hall–Kier alpha value is -7.62. The number of hydrogen-bond acceptors (Lipinski definition) is 2. The molecule has 3 heterocycles. The molecule has 0 N–H and O–H groups in total. The minimum atomic E-state index is -0.212. The summed E-state index contributed by atoms with van der Waals surface area (Å²) < 4.78 is 15.4. The second kappa shape index (κ2) is 11.3. The van der Waals surface area contributed by atoms with Gasteiger partial charge in [0.05, 0.1) is 11.0 Å². The molecule has 3 nitrogen and oxygen atoms in total. The molecule has 0 amide bonds. The maximum atomic E-state index is 6.53. The van der Waals surface area contributed by atoms with Gasteiger partial charge in [-0.25, -0.2) is 0 Å². The van der Waals surface area contributed by atoms with Crippen LogP contribution in [0.3, 0.4) is 0 Å². The van der Waals surface area contributed by atoms with Crippen molar-refractivity contribution in [1.82, 2.24) is 4.57 Å². The van der Waals surface area contributed by atoms with E-state index in [0.717, 1.165) is 44.2 Å². The molecule has 0 aliphatic heterocycles. The molecular weight excluding hydrogens is 731 g/mol. The van der Waals surface area contributed by atoms with Crippen molar-refractivity contribution < 1.29 is 8.83 Å². The highest BCUT2D eigenvalue weighted by Gasteiger charge is 2.37. The SMILES string of the molecule is CC1(C)c2cc3oc4ccccc4c3cc2-c2cc3c4ccccc4n(-c4ccc5oc6ccc(-c7ccc8c9ccccc9c9ccccc9c8c7)cc6c5c4)c3cc21. The number of hydrogen-bond donors (Lipinski definition) is 0. The summed E-state index contributed by atoms with van der Waals surface area (Å²) in [6, 6.07) is 64.6. The van der Waals surface area contributed by atoms with E-state index in [9.17, 15) is 0 Å². The van der Waals surface area contributed by atoms with Crippen molar-refractivity contribution in [2.45, 2.75) is 19.3 Å². The summed E-state index contributed by atoms with van der Waals surface area (Å²) in [7, 11) is 0. The predicted octanol–water partition coefficient (Wildman–Crippen LogP) is 16.0. The predicted molar refractivity (Wildman–Crippen MR) is 251 cm³/mol. The van der Waals surface area contributed by atoms with E-state index in [-0.39, 0.29) is 5.41 Å². The van der Waals surface area contributed by atoms with Crippen LogP contribution in [0.25, 0.3) is 126 Å². The van der Waals surface area contributed by atoms with E-state index in [0.29, 0.717) is 0 Å².